The molecule has 2 atom stereocenters. The molecule has 0 fully saturated rings. The van der Waals surface area contributed by atoms with Crippen molar-refractivity contribution in [1.29, 1.82) is 0 Å². The van der Waals surface area contributed by atoms with Crippen molar-refractivity contribution in [3.8, 4) is 11.5 Å². The van der Waals surface area contributed by atoms with Gasteiger partial charge in [-0.2, -0.15) is 0 Å². The molecule has 0 saturated carbocycles. The second-order valence-electron chi connectivity index (χ2n) is 7.12. The van der Waals surface area contributed by atoms with E-state index in [9.17, 15) is 5.11 Å². The van der Waals surface area contributed by atoms with E-state index < -0.39 is 0 Å². The highest BCUT2D eigenvalue weighted by Crippen LogP contribution is 2.36. The quantitative estimate of drug-likeness (QED) is 0.487. The summed E-state index contributed by atoms with van der Waals surface area (Å²) in [4.78, 5) is 4.96. The van der Waals surface area contributed by atoms with E-state index in [4.69, 9.17) is 32.9 Å². The molecule has 1 heterocycles. The highest BCUT2D eigenvalue weighted by molar-refractivity contribution is 6.31. The van der Waals surface area contributed by atoms with E-state index in [1.807, 2.05) is 55.5 Å². The van der Waals surface area contributed by atoms with E-state index in [1.165, 1.54) is 0 Å². The largest absolute Gasteiger partial charge is 0.508 e. The molecule has 0 aromatic heterocycles. The van der Waals surface area contributed by atoms with Crippen molar-refractivity contribution in [2.24, 2.45) is 4.99 Å². The second kappa shape index (κ2) is 9.09. The van der Waals surface area contributed by atoms with Gasteiger partial charge in [0, 0.05) is 33.8 Å². The van der Waals surface area contributed by atoms with Crippen LogP contribution in [-0.2, 0) is 0 Å². The first-order valence-electron chi connectivity index (χ1n) is 9.83. The van der Waals surface area contributed by atoms with Crippen LogP contribution in [0, 0.1) is 0 Å². The summed E-state index contributed by atoms with van der Waals surface area (Å²) in [6.07, 6.45) is 0.307. The Balaban J connectivity index is 1.73. The van der Waals surface area contributed by atoms with Crippen molar-refractivity contribution < 1.29 is 9.84 Å². The molecule has 3 aromatic carbocycles. The number of halogens is 2. The number of hydrogen-bond acceptors (Lipinski definition) is 4. The second-order valence-corrected chi connectivity index (χ2v) is 7.99. The molecule has 1 aliphatic rings. The molecule has 0 radical (unpaired) electrons. The number of phenolic OH excluding ortho intramolecular Hbond substituents is 1. The van der Waals surface area contributed by atoms with Gasteiger partial charge in [0.2, 0.25) is 0 Å². The number of ether oxygens (including phenoxy) is 1. The lowest BCUT2D eigenvalue weighted by molar-refractivity contribution is 0.340. The van der Waals surface area contributed by atoms with Crippen molar-refractivity contribution in [1.82, 2.24) is 5.32 Å². The minimum atomic E-state index is -0.303. The number of aliphatic imine (C=N–C) groups is 1. The Morgan fingerprint density at radius 3 is 2.53 bits per heavy atom. The summed E-state index contributed by atoms with van der Waals surface area (Å²) in [6, 6.07) is 20.5. The van der Waals surface area contributed by atoms with Crippen LogP contribution < -0.4 is 10.1 Å². The molecular formula is C24H22Cl2N2O2. The zero-order chi connectivity index (χ0) is 21.1. The van der Waals surface area contributed by atoms with Gasteiger partial charge in [0.05, 0.1) is 6.61 Å². The zero-order valence-electron chi connectivity index (χ0n) is 16.5. The molecule has 6 heteroatoms. The predicted octanol–water partition coefficient (Wildman–Crippen LogP) is 6.32. The fourth-order valence-electron chi connectivity index (χ4n) is 3.64. The van der Waals surface area contributed by atoms with Gasteiger partial charge in [-0.05, 0) is 72.6 Å². The number of benzene rings is 3. The minimum absolute atomic E-state index is 0.160. The zero-order valence-corrected chi connectivity index (χ0v) is 18.0. The first-order valence-corrected chi connectivity index (χ1v) is 10.6. The average molecular weight is 441 g/mol. The van der Waals surface area contributed by atoms with E-state index in [-0.39, 0.29) is 18.0 Å². The van der Waals surface area contributed by atoms with Crippen LogP contribution in [-0.4, -0.2) is 17.4 Å². The highest BCUT2D eigenvalue weighted by atomic mass is 35.5. The fraction of sp³-hybridized carbons (Fsp3) is 0.208. The summed E-state index contributed by atoms with van der Waals surface area (Å²) in [7, 11) is 0. The van der Waals surface area contributed by atoms with Crippen LogP contribution in [0.1, 0.15) is 42.2 Å². The summed E-state index contributed by atoms with van der Waals surface area (Å²) in [6.45, 7) is 2.58. The number of nitrogens with one attached hydrogen (secondary N) is 1. The van der Waals surface area contributed by atoms with Gasteiger partial charge in [-0.15, -0.1) is 0 Å². The van der Waals surface area contributed by atoms with Crippen LogP contribution in [0.25, 0.3) is 0 Å². The molecule has 0 amide bonds. The SMILES string of the molecule is CCOc1ccc(C2=N[C@H](c3cccc(Cl)c3)N[C@@H](c3cc(Cl)ccc3O)C2)cc1. The molecule has 1 aliphatic heterocycles. The molecule has 2 N–H and O–H groups in total. The first-order chi connectivity index (χ1) is 14.5. The van der Waals surface area contributed by atoms with Gasteiger partial charge in [-0.1, -0.05) is 35.3 Å². The maximum absolute atomic E-state index is 10.5. The molecule has 4 rings (SSSR count). The first kappa shape index (κ1) is 20.7. The molecular weight excluding hydrogens is 419 g/mol. The van der Waals surface area contributed by atoms with Crippen LogP contribution >= 0.6 is 23.2 Å². The number of rotatable bonds is 5. The minimum Gasteiger partial charge on any atom is -0.508 e. The van der Waals surface area contributed by atoms with Gasteiger partial charge in [-0.3, -0.25) is 10.3 Å². The Bertz CT molecular complexity index is 1070. The number of hydrogen-bond donors (Lipinski definition) is 2. The summed E-state index contributed by atoms with van der Waals surface area (Å²) < 4.78 is 5.56. The molecule has 154 valence electrons. The van der Waals surface area contributed by atoms with Crippen LogP contribution in [0.4, 0.5) is 0 Å². The summed E-state index contributed by atoms with van der Waals surface area (Å²) in [5, 5.41) is 15.2. The van der Waals surface area contributed by atoms with Gasteiger partial charge in [0.15, 0.2) is 0 Å². The summed E-state index contributed by atoms with van der Waals surface area (Å²) >= 11 is 12.4. The third kappa shape index (κ3) is 4.62. The molecule has 4 nitrogen and oxygen atoms in total. The van der Waals surface area contributed by atoms with Crippen molar-refractivity contribution in [2.75, 3.05) is 6.61 Å². The molecule has 0 bridgehead atoms. The Labute approximate surface area is 186 Å². The van der Waals surface area contributed by atoms with Crippen LogP contribution in [0.2, 0.25) is 10.0 Å². The third-order valence-electron chi connectivity index (χ3n) is 5.07. The lowest BCUT2D eigenvalue weighted by Gasteiger charge is -2.31. The standard InChI is InChI=1S/C24H22Cl2N2O2/c1-2-30-19-9-6-15(7-10-19)21-14-22(20-13-18(26)8-11-23(20)29)28-24(27-21)16-4-3-5-17(25)12-16/h3-13,22,24,28-29H,2,14H2,1H3/t22-,24+/m1/s1. The normalized spacial score (nSPS) is 18.7. The van der Waals surface area contributed by atoms with Crippen molar-refractivity contribution in [2.45, 2.75) is 25.6 Å². The fourth-order valence-corrected chi connectivity index (χ4v) is 4.02. The lowest BCUT2D eigenvalue weighted by Crippen LogP contribution is -2.33. The molecule has 0 aliphatic carbocycles. The Morgan fingerprint density at radius 1 is 1.03 bits per heavy atom. The van der Waals surface area contributed by atoms with E-state index in [2.05, 4.69) is 5.32 Å². The summed E-state index contributed by atoms with van der Waals surface area (Å²) in [5.74, 6) is 1.03. The lowest BCUT2D eigenvalue weighted by atomic mass is 9.93. The molecule has 3 aromatic rings. The number of nitrogens with zero attached hydrogens (tertiary/aromatic N) is 1. The van der Waals surface area contributed by atoms with Gasteiger partial charge in [-0.25, -0.2) is 0 Å². The maximum Gasteiger partial charge on any atom is 0.126 e. The van der Waals surface area contributed by atoms with E-state index in [1.54, 1.807) is 18.2 Å². The smallest absolute Gasteiger partial charge is 0.126 e. The monoisotopic (exact) mass is 440 g/mol. The van der Waals surface area contributed by atoms with Crippen LogP contribution in [0.5, 0.6) is 11.5 Å². The molecule has 30 heavy (non-hydrogen) atoms. The Morgan fingerprint density at radius 2 is 1.80 bits per heavy atom. The summed E-state index contributed by atoms with van der Waals surface area (Å²) in [5.41, 5.74) is 3.65. The third-order valence-corrected chi connectivity index (χ3v) is 5.54. The maximum atomic E-state index is 10.5. The van der Waals surface area contributed by atoms with Gasteiger partial charge < -0.3 is 9.84 Å². The van der Waals surface area contributed by atoms with Crippen LogP contribution in [0.15, 0.2) is 71.7 Å². The highest BCUT2D eigenvalue weighted by Gasteiger charge is 2.28. The number of phenols is 1. The molecule has 0 unspecified atom stereocenters. The molecule has 0 spiro atoms. The van der Waals surface area contributed by atoms with Gasteiger partial charge in [0.25, 0.3) is 0 Å². The topological polar surface area (TPSA) is 53.8 Å². The van der Waals surface area contributed by atoms with E-state index >= 15 is 0 Å². The van der Waals surface area contributed by atoms with Crippen LogP contribution in [0.3, 0.4) is 0 Å². The Kier molecular flexibility index (Phi) is 6.28. The van der Waals surface area contributed by atoms with Crippen molar-refractivity contribution >= 4 is 28.9 Å². The Hall–Kier alpha value is -2.53. The van der Waals surface area contributed by atoms with Crippen molar-refractivity contribution in [3.63, 3.8) is 0 Å². The predicted molar refractivity (Wildman–Crippen MR) is 122 cm³/mol. The van der Waals surface area contributed by atoms with E-state index in [0.29, 0.717) is 23.1 Å². The van der Waals surface area contributed by atoms with E-state index in [0.717, 1.165) is 28.2 Å². The van der Waals surface area contributed by atoms with Gasteiger partial charge >= 0.3 is 0 Å². The van der Waals surface area contributed by atoms with Gasteiger partial charge in [0.1, 0.15) is 17.7 Å². The average Bonchev–Trinajstić information content (AvgIpc) is 2.76. The molecule has 0 saturated heterocycles. The van der Waals surface area contributed by atoms with Crippen molar-refractivity contribution in [3.05, 3.63) is 93.5 Å². The number of aromatic hydroxyl groups is 1.